The number of urea groups is 1. The maximum absolute atomic E-state index is 12.9. The highest BCUT2D eigenvalue weighted by Gasteiger charge is 2.37. The van der Waals surface area contributed by atoms with E-state index in [9.17, 15) is 14.4 Å². The molecule has 4 rings (SSSR count). The van der Waals surface area contributed by atoms with Crippen LogP contribution < -0.4 is 19.7 Å². The quantitative estimate of drug-likeness (QED) is 0.656. The maximum atomic E-state index is 12.9. The van der Waals surface area contributed by atoms with E-state index in [4.69, 9.17) is 9.47 Å². The molecule has 0 spiro atoms. The first kappa shape index (κ1) is 15.9. The second-order valence-corrected chi connectivity index (χ2v) is 5.95. The number of barbiturate groups is 1. The van der Waals surface area contributed by atoms with Crippen molar-refractivity contribution in [3.63, 3.8) is 0 Å². The van der Waals surface area contributed by atoms with Gasteiger partial charge in [-0.2, -0.15) is 0 Å². The first-order valence-corrected chi connectivity index (χ1v) is 7.89. The maximum Gasteiger partial charge on any atom is 0.335 e. The Kier molecular flexibility index (Phi) is 3.54. The summed E-state index contributed by atoms with van der Waals surface area (Å²) >= 11 is 0. The second kappa shape index (κ2) is 5.76. The lowest BCUT2D eigenvalue weighted by Crippen LogP contribution is -2.54. The Hall–Kier alpha value is -3.55. The van der Waals surface area contributed by atoms with Crippen LogP contribution >= 0.6 is 0 Å². The van der Waals surface area contributed by atoms with Crippen LogP contribution in [0.2, 0.25) is 0 Å². The van der Waals surface area contributed by atoms with Crippen LogP contribution in [0.4, 0.5) is 10.5 Å². The van der Waals surface area contributed by atoms with E-state index in [1.54, 1.807) is 18.2 Å². The number of ether oxygens (including phenoxy) is 2. The van der Waals surface area contributed by atoms with Gasteiger partial charge in [0.2, 0.25) is 6.79 Å². The lowest BCUT2D eigenvalue weighted by atomic mass is 10.1. The molecular weight excluding hydrogens is 338 g/mol. The van der Waals surface area contributed by atoms with Crippen molar-refractivity contribution in [1.29, 1.82) is 0 Å². The van der Waals surface area contributed by atoms with Gasteiger partial charge in [0.25, 0.3) is 11.8 Å². The third-order valence-electron chi connectivity index (χ3n) is 4.42. The number of benzene rings is 1. The van der Waals surface area contributed by atoms with Crippen molar-refractivity contribution in [2.75, 3.05) is 11.7 Å². The molecule has 0 unspecified atom stereocenters. The molecule has 0 atom stereocenters. The largest absolute Gasteiger partial charge is 0.454 e. The van der Waals surface area contributed by atoms with Crippen molar-refractivity contribution in [3.8, 4) is 11.5 Å². The molecule has 2 aliphatic rings. The van der Waals surface area contributed by atoms with Gasteiger partial charge in [-0.15, -0.1) is 0 Å². The fourth-order valence-corrected chi connectivity index (χ4v) is 2.84. The van der Waals surface area contributed by atoms with E-state index in [0.717, 1.165) is 10.6 Å². The first-order valence-electron chi connectivity index (χ1n) is 7.89. The fourth-order valence-electron chi connectivity index (χ4n) is 2.84. The second-order valence-electron chi connectivity index (χ2n) is 5.95. The minimum atomic E-state index is -0.806. The van der Waals surface area contributed by atoms with Gasteiger partial charge in [-0.1, -0.05) is 0 Å². The summed E-state index contributed by atoms with van der Waals surface area (Å²) < 4.78 is 12.4. The SMILES string of the molecule is Cc1ccc(/C=C2\C(=O)NC(=O)N(c3ccc4c(c3)OCO4)C2=O)n1C. The number of anilines is 1. The van der Waals surface area contributed by atoms with Crippen LogP contribution in [0, 0.1) is 6.92 Å². The van der Waals surface area contributed by atoms with Crippen LogP contribution in [0.1, 0.15) is 11.4 Å². The van der Waals surface area contributed by atoms with Gasteiger partial charge in [0.1, 0.15) is 5.57 Å². The van der Waals surface area contributed by atoms with Crippen molar-refractivity contribution in [2.45, 2.75) is 6.92 Å². The molecule has 3 heterocycles. The zero-order valence-corrected chi connectivity index (χ0v) is 14.1. The van der Waals surface area contributed by atoms with Gasteiger partial charge < -0.3 is 14.0 Å². The van der Waals surface area contributed by atoms with Crippen molar-refractivity contribution >= 4 is 29.6 Å². The molecule has 1 aromatic heterocycles. The highest BCUT2D eigenvalue weighted by Crippen LogP contribution is 2.36. The smallest absolute Gasteiger partial charge is 0.335 e. The average Bonchev–Trinajstić information content (AvgIpc) is 3.19. The van der Waals surface area contributed by atoms with Crippen LogP contribution in [0.25, 0.3) is 6.08 Å². The topological polar surface area (TPSA) is 89.9 Å². The van der Waals surface area contributed by atoms with E-state index in [1.165, 1.54) is 12.1 Å². The van der Waals surface area contributed by atoms with Gasteiger partial charge in [0, 0.05) is 24.5 Å². The third-order valence-corrected chi connectivity index (χ3v) is 4.42. The molecule has 8 nitrogen and oxygen atoms in total. The van der Waals surface area contributed by atoms with Crippen LogP contribution in [0.3, 0.4) is 0 Å². The summed E-state index contributed by atoms with van der Waals surface area (Å²) in [6, 6.07) is 7.56. The number of imide groups is 2. The van der Waals surface area contributed by atoms with Crippen molar-refractivity contribution in [1.82, 2.24) is 9.88 Å². The number of hydrogen-bond donors (Lipinski definition) is 1. The summed E-state index contributed by atoms with van der Waals surface area (Å²) in [5, 5.41) is 2.20. The van der Waals surface area contributed by atoms with Gasteiger partial charge in [0.15, 0.2) is 11.5 Å². The Bertz CT molecular complexity index is 989. The van der Waals surface area contributed by atoms with E-state index >= 15 is 0 Å². The number of rotatable bonds is 2. The Balaban J connectivity index is 1.74. The highest BCUT2D eigenvalue weighted by atomic mass is 16.7. The number of carbonyl (C=O) groups is 3. The number of nitrogens with zero attached hydrogens (tertiary/aromatic N) is 2. The molecule has 1 aromatic carbocycles. The average molecular weight is 353 g/mol. The van der Waals surface area contributed by atoms with Gasteiger partial charge in [0.05, 0.1) is 5.69 Å². The molecule has 1 N–H and O–H groups in total. The molecule has 2 aliphatic heterocycles. The summed E-state index contributed by atoms with van der Waals surface area (Å²) in [5.41, 5.74) is 1.83. The number of aromatic nitrogens is 1. The lowest BCUT2D eigenvalue weighted by molar-refractivity contribution is -0.122. The number of amides is 4. The summed E-state index contributed by atoms with van der Waals surface area (Å²) in [5.74, 6) is -0.458. The molecule has 0 radical (unpaired) electrons. The molecule has 2 aromatic rings. The number of carbonyl (C=O) groups excluding carboxylic acids is 3. The minimum absolute atomic E-state index is 0.0788. The Morgan fingerprint density at radius 1 is 1.08 bits per heavy atom. The van der Waals surface area contributed by atoms with E-state index in [1.807, 2.05) is 24.6 Å². The van der Waals surface area contributed by atoms with E-state index < -0.39 is 17.8 Å². The Morgan fingerprint density at radius 2 is 1.85 bits per heavy atom. The molecule has 0 bridgehead atoms. The molecule has 0 saturated carbocycles. The third kappa shape index (κ3) is 2.43. The number of aryl methyl sites for hydroxylation is 1. The number of hydrogen-bond acceptors (Lipinski definition) is 5. The monoisotopic (exact) mass is 353 g/mol. The van der Waals surface area contributed by atoms with Gasteiger partial charge in [-0.05, 0) is 37.3 Å². The highest BCUT2D eigenvalue weighted by molar-refractivity contribution is 6.39. The Labute approximate surface area is 148 Å². The summed E-state index contributed by atoms with van der Waals surface area (Å²) in [7, 11) is 1.83. The summed E-state index contributed by atoms with van der Waals surface area (Å²) in [4.78, 5) is 38.2. The van der Waals surface area contributed by atoms with Crippen LogP contribution in [-0.2, 0) is 16.6 Å². The first-order chi connectivity index (χ1) is 12.5. The van der Waals surface area contributed by atoms with Crippen molar-refractivity contribution < 1.29 is 23.9 Å². The Morgan fingerprint density at radius 3 is 2.58 bits per heavy atom. The molecule has 26 heavy (non-hydrogen) atoms. The van der Waals surface area contributed by atoms with Crippen LogP contribution in [-0.4, -0.2) is 29.2 Å². The lowest BCUT2D eigenvalue weighted by Gasteiger charge is -2.26. The number of fused-ring (bicyclic) bond motifs is 1. The minimum Gasteiger partial charge on any atom is -0.454 e. The molecule has 0 aliphatic carbocycles. The van der Waals surface area contributed by atoms with Crippen LogP contribution in [0.15, 0.2) is 35.9 Å². The van der Waals surface area contributed by atoms with Crippen molar-refractivity contribution in [2.24, 2.45) is 7.05 Å². The molecular formula is C18H15N3O5. The zero-order chi connectivity index (χ0) is 18.4. The predicted molar refractivity (Wildman–Crippen MR) is 91.7 cm³/mol. The van der Waals surface area contributed by atoms with Gasteiger partial charge in [-0.3, -0.25) is 14.9 Å². The number of nitrogens with one attached hydrogen (secondary N) is 1. The van der Waals surface area contributed by atoms with Gasteiger partial charge >= 0.3 is 6.03 Å². The normalized spacial score (nSPS) is 17.8. The van der Waals surface area contributed by atoms with Crippen molar-refractivity contribution in [3.05, 3.63) is 47.3 Å². The molecule has 4 amide bonds. The summed E-state index contributed by atoms with van der Waals surface area (Å²) in [6.07, 6.45) is 1.47. The summed E-state index contributed by atoms with van der Waals surface area (Å²) in [6.45, 7) is 1.99. The fraction of sp³-hybridized carbons (Fsp3) is 0.167. The molecule has 132 valence electrons. The van der Waals surface area contributed by atoms with Gasteiger partial charge in [-0.25, -0.2) is 9.69 Å². The van der Waals surface area contributed by atoms with E-state index in [2.05, 4.69) is 5.32 Å². The standard InChI is InChI=1S/C18H15N3O5/c1-10-3-4-11(20(10)2)7-13-16(22)19-18(24)21(17(13)23)12-5-6-14-15(8-12)26-9-25-14/h3-8H,9H2,1-2H3,(H,19,22,24)/b13-7+. The van der Waals surface area contributed by atoms with E-state index in [0.29, 0.717) is 22.9 Å². The molecule has 8 heteroatoms. The van der Waals surface area contributed by atoms with E-state index in [-0.39, 0.29) is 12.4 Å². The molecule has 1 fully saturated rings. The molecule has 1 saturated heterocycles. The predicted octanol–water partition coefficient (Wildman–Crippen LogP) is 1.73. The zero-order valence-electron chi connectivity index (χ0n) is 14.1. The van der Waals surface area contributed by atoms with Crippen LogP contribution in [0.5, 0.6) is 11.5 Å².